The largest absolute Gasteiger partial charge is 0.380 e. The monoisotopic (exact) mass is 379 g/mol. The Morgan fingerprint density at radius 1 is 1.00 bits per heavy atom. The maximum absolute atomic E-state index is 12.7. The highest BCUT2D eigenvalue weighted by molar-refractivity contribution is 6.30. The van der Waals surface area contributed by atoms with Gasteiger partial charge in [-0.25, -0.2) is 0 Å². The third-order valence-corrected chi connectivity index (χ3v) is 4.58. The molecule has 0 aliphatic rings. The van der Waals surface area contributed by atoms with Crippen molar-refractivity contribution in [3.63, 3.8) is 0 Å². The van der Waals surface area contributed by atoms with Gasteiger partial charge in [-0.3, -0.25) is 9.78 Å². The molecule has 0 bridgehead atoms. The second-order valence-electron chi connectivity index (χ2n) is 6.67. The Morgan fingerprint density at radius 3 is 2.33 bits per heavy atom. The van der Waals surface area contributed by atoms with Gasteiger partial charge in [-0.15, -0.1) is 0 Å². The van der Waals surface area contributed by atoms with E-state index < -0.39 is 0 Å². The third kappa shape index (κ3) is 4.86. The molecule has 2 aromatic carbocycles. The molecule has 0 spiro atoms. The highest BCUT2D eigenvalue weighted by Gasteiger charge is 2.11. The zero-order valence-corrected chi connectivity index (χ0v) is 16.4. The van der Waals surface area contributed by atoms with E-state index in [9.17, 15) is 4.79 Å². The van der Waals surface area contributed by atoms with E-state index in [0.29, 0.717) is 17.1 Å². The highest BCUT2D eigenvalue weighted by atomic mass is 35.5. The first-order valence-electron chi connectivity index (χ1n) is 8.75. The molecule has 1 aromatic heterocycles. The zero-order valence-electron chi connectivity index (χ0n) is 15.6. The maximum Gasteiger partial charge on any atom is 0.257 e. The second-order valence-corrected chi connectivity index (χ2v) is 7.11. The van der Waals surface area contributed by atoms with Crippen molar-refractivity contribution in [2.24, 2.45) is 0 Å². The van der Waals surface area contributed by atoms with E-state index in [1.807, 2.05) is 45.0 Å². The van der Waals surface area contributed by atoms with E-state index in [1.165, 1.54) is 5.56 Å². The summed E-state index contributed by atoms with van der Waals surface area (Å²) in [5.74, 6) is -0.173. The number of amides is 1. The smallest absolute Gasteiger partial charge is 0.257 e. The minimum absolute atomic E-state index is 0.173. The number of carbonyl (C=O) groups excluding carboxylic acids is 1. The number of nitrogens with zero attached hydrogens (tertiary/aromatic N) is 1. The Balaban J connectivity index is 1.71. The van der Waals surface area contributed by atoms with Crippen LogP contribution in [0.25, 0.3) is 0 Å². The summed E-state index contributed by atoms with van der Waals surface area (Å²) in [5.41, 5.74) is 6.52. The van der Waals surface area contributed by atoms with E-state index in [0.717, 1.165) is 28.1 Å². The van der Waals surface area contributed by atoms with Gasteiger partial charge in [0.15, 0.2) is 0 Å². The highest BCUT2D eigenvalue weighted by Crippen LogP contribution is 2.23. The molecule has 0 saturated carbocycles. The number of rotatable bonds is 5. The van der Waals surface area contributed by atoms with Gasteiger partial charge in [0.25, 0.3) is 5.91 Å². The Hall–Kier alpha value is -2.85. The van der Waals surface area contributed by atoms with E-state index in [1.54, 1.807) is 18.5 Å². The predicted molar refractivity (Wildman–Crippen MR) is 112 cm³/mol. The zero-order chi connectivity index (χ0) is 19.4. The Morgan fingerprint density at radius 2 is 1.67 bits per heavy atom. The number of aromatic nitrogens is 1. The van der Waals surface area contributed by atoms with Gasteiger partial charge in [-0.05, 0) is 55.7 Å². The topological polar surface area (TPSA) is 54.0 Å². The van der Waals surface area contributed by atoms with Gasteiger partial charge in [0.1, 0.15) is 0 Å². The van der Waals surface area contributed by atoms with Crippen LogP contribution in [0.1, 0.15) is 32.6 Å². The van der Waals surface area contributed by atoms with Crippen LogP contribution in [0.3, 0.4) is 0 Å². The number of benzene rings is 2. The van der Waals surface area contributed by atoms with E-state index in [2.05, 4.69) is 27.8 Å². The van der Waals surface area contributed by atoms with Crippen LogP contribution in [0.15, 0.2) is 54.9 Å². The number of hydrogen-bond acceptors (Lipinski definition) is 3. The van der Waals surface area contributed by atoms with Gasteiger partial charge in [0, 0.05) is 29.6 Å². The Bertz CT molecular complexity index is 945. The van der Waals surface area contributed by atoms with Gasteiger partial charge < -0.3 is 10.6 Å². The lowest BCUT2D eigenvalue weighted by molar-refractivity contribution is 0.102. The summed E-state index contributed by atoms with van der Waals surface area (Å²) in [6, 6.07) is 13.6. The van der Waals surface area contributed by atoms with Crippen LogP contribution in [0.2, 0.25) is 5.02 Å². The average molecular weight is 380 g/mol. The van der Waals surface area contributed by atoms with Crippen LogP contribution in [-0.4, -0.2) is 10.9 Å². The minimum Gasteiger partial charge on any atom is -0.380 e. The first kappa shape index (κ1) is 18.9. The molecule has 2 N–H and O–H groups in total. The van der Waals surface area contributed by atoms with Crippen molar-refractivity contribution in [2.45, 2.75) is 27.3 Å². The van der Waals surface area contributed by atoms with Crippen LogP contribution < -0.4 is 10.6 Å². The summed E-state index contributed by atoms with van der Waals surface area (Å²) in [6.07, 6.45) is 3.27. The van der Waals surface area contributed by atoms with Gasteiger partial charge in [0.05, 0.1) is 11.3 Å². The molecule has 5 heteroatoms. The number of carbonyl (C=O) groups is 1. The first-order chi connectivity index (χ1) is 12.9. The lowest BCUT2D eigenvalue weighted by Gasteiger charge is -2.13. The minimum atomic E-state index is -0.173. The summed E-state index contributed by atoms with van der Waals surface area (Å²) in [4.78, 5) is 16.9. The van der Waals surface area contributed by atoms with E-state index in [-0.39, 0.29) is 5.91 Å². The lowest BCUT2D eigenvalue weighted by atomic mass is 10.0. The molecule has 27 heavy (non-hydrogen) atoms. The van der Waals surface area contributed by atoms with Crippen molar-refractivity contribution in [2.75, 3.05) is 10.6 Å². The molecule has 0 atom stereocenters. The Kier molecular flexibility index (Phi) is 5.77. The van der Waals surface area contributed by atoms with Crippen molar-refractivity contribution in [1.29, 1.82) is 0 Å². The van der Waals surface area contributed by atoms with Crippen LogP contribution >= 0.6 is 11.6 Å². The van der Waals surface area contributed by atoms with Crippen molar-refractivity contribution in [1.82, 2.24) is 4.98 Å². The molecule has 1 heterocycles. The Labute approximate surface area is 164 Å². The van der Waals surface area contributed by atoms with Gasteiger partial charge in [0.2, 0.25) is 0 Å². The van der Waals surface area contributed by atoms with Crippen LogP contribution in [0, 0.1) is 20.8 Å². The number of aryl methyl sites for hydroxylation is 3. The number of anilines is 2. The standard InChI is InChI=1S/C22H22ClN3O/c1-14-8-15(2)21(16(3)9-14)26-22(27)18-10-20(13-24-12-18)25-11-17-4-6-19(23)7-5-17/h4-10,12-13,25H,11H2,1-3H3,(H,26,27). The van der Waals surface area contributed by atoms with E-state index in [4.69, 9.17) is 11.6 Å². The predicted octanol–water partition coefficient (Wildman–Crippen LogP) is 5.52. The molecule has 0 unspecified atom stereocenters. The molecule has 0 aliphatic heterocycles. The quantitative estimate of drug-likeness (QED) is 0.613. The second kappa shape index (κ2) is 8.23. The fraction of sp³-hybridized carbons (Fsp3) is 0.182. The van der Waals surface area contributed by atoms with Gasteiger partial charge in [-0.2, -0.15) is 0 Å². The fourth-order valence-corrected chi connectivity index (χ4v) is 3.16. The fourth-order valence-electron chi connectivity index (χ4n) is 3.03. The van der Waals surface area contributed by atoms with E-state index >= 15 is 0 Å². The number of halogens is 1. The summed E-state index contributed by atoms with van der Waals surface area (Å²) in [6.45, 7) is 6.67. The normalized spacial score (nSPS) is 10.5. The molecule has 1 amide bonds. The van der Waals surface area contributed by atoms with Crippen molar-refractivity contribution in [3.05, 3.63) is 87.7 Å². The first-order valence-corrected chi connectivity index (χ1v) is 9.13. The SMILES string of the molecule is Cc1cc(C)c(NC(=O)c2cncc(NCc3ccc(Cl)cc3)c2)c(C)c1. The molecule has 0 saturated heterocycles. The molecular formula is C22H22ClN3O. The summed E-state index contributed by atoms with van der Waals surface area (Å²) in [7, 11) is 0. The maximum atomic E-state index is 12.7. The molecule has 0 aliphatic carbocycles. The van der Waals surface area contributed by atoms with Gasteiger partial charge >= 0.3 is 0 Å². The number of pyridine rings is 1. The average Bonchev–Trinajstić information content (AvgIpc) is 2.64. The molecule has 3 rings (SSSR count). The number of nitrogens with one attached hydrogen (secondary N) is 2. The third-order valence-electron chi connectivity index (χ3n) is 4.33. The van der Waals surface area contributed by atoms with Crippen molar-refractivity contribution < 1.29 is 4.79 Å². The summed E-state index contributed by atoms with van der Waals surface area (Å²) in [5, 5.41) is 7.00. The molecule has 4 nitrogen and oxygen atoms in total. The van der Waals surface area contributed by atoms with Crippen LogP contribution in [0.4, 0.5) is 11.4 Å². The lowest BCUT2D eigenvalue weighted by Crippen LogP contribution is -2.14. The van der Waals surface area contributed by atoms with Crippen molar-refractivity contribution >= 4 is 28.9 Å². The van der Waals surface area contributed by atoms with Crippen LogP contribution in [0.5, 0.6) is 0 Å². The molecular weight excluding hydrogens is 358 g/mol. The summed E-state index contributed by atoms with van der Waals surface area (Å²) >= 11 is 5.91. The summed E-state index contributed by atoms with van der Waals surface area (Å²) < 4.78 is 0. The molecule has 0 radical (unpaired) electrons. The van der Waals surface area contributed by atoms with Gasteiger partial charge in [-0.1, -0.05) is 41.4 Å². The molecule has 138 valence electrons. The number of hydrogen-bond donors (Lipinski definition) is 2. The van der Waals surface area contributed by atoms with Crippen molar-refractivity contribution in [3.8, 4) is 0 Å². The van der Waals surface area contributed by atoms with Crippen LogP contribution in [-0.2, 0) is 6.54 Å². The molecule has 0 fully saturated rings. The molecule has 3 aromatic rings.